The van der Waals surface area contributed by atoms with Gasteiger partial charge in [0, 0.05) is 18.0 Å². The minimum atomic E-state index is -0.958. The van der Waals surface area contributed by atoms with Crippen LogP contribution in [0.25, 0.3) is 0 Å². The second-order valence-corrected chi connectivity index (χ2v) is 8.00. The van der Waals surface area contributed by atoms with E-state index in [1.54, 1.807) is 20.8 Å². The summed E-state index contributed by atoms with van der Waals surface area (Å²) >= 11 is 0. The summed E-state index contributed by atoms with van der Waals surface area (Å²) < 4.78 is 9.75. The van der Waals surface area contributed by atoms with Crippen molar-refractivity contribution < 1.29 is 24.0 Å². The third-order valence-corrected chi connectivity index (χ3v) is 4.79. The highest BCUT2D eigenvalue weighted by atomic mass is 33.1. The molecular weight excluding hydrogens is 370 g/mol. The van der Waals surface area contributed by atoms with Crippen molar-refractivity contribution >= 4 is 39.3 Å². The Labute approximate surface area is 152 Å². The highest BCUT2D eigenvalue weighted by molar-refractivity contribution is 8.76. The van der Waals surface area contributed by atoms with Crippen molar-refractivity contribution in [3.63, 3.8) is 0 Å². The van der Waals surface area contributed by atoms with E-state index in [0.717, 1.165) is 21.6 Å². The van der Waals surface area contributed by atoms with Crippen molar-refractivity contribution in [3.8, 4) is 0 Å². The average molecular weight is 389 g/mol. The van der Waals surface area contributed by atoms with Gasteiger partial charge >= 0.3 is 17.7 Å². The normalized spacial score (nSPS) is 12.2. The number of hydrogen-bond acceptors (Lipinski definition) is 9. The number of pyridine rings is 1. The molecule has 1 amide bonds. The van der Waals surface area contributed by atoms with E-state index in [9.17, 15) is 19.7 Å². The molecule has 0 bridgehead atoms. The van der Waals surface area contributed by atoms with Crippen LogP contribution < -0.4 is 5.32 Å². The molecule has 0 aliphatic heterocycles. The van der Waals surface area contributed by atoms with Gasteiger partial charge in [-0.3, -0.25) is 10.1 Å². The molecule has 1 aromatic heterocycles. The van der Waals surface area contributed by atoms with Gasteiger partial charge in [-0.15, -0.1) is 0 Å². The Morgan fingerprint density at radius 1 is 1.44 bits per heavy atom. The van der Waals surface area contributed by atoms with Crippen LogP contribution in [-0.2, 0) is 14.3 Å². The largest absolute Gasteiger partial charge is 0.467 e. The zero-order valence-electron chi connectivity index (χ0n) is 14.2. The van der Waals surface area contributed by atoms with Crippen LogP contribution in [0, 0.1) is 10.1 Å². The van der Waals surface area contributed by atoms with Gasteiger partial charge in [0.2, 0.25) is 0 Å². The molecule has 1 atom stereocenters. The molecule has 0 saturated heterocycles. The molecule has 1 aromatic rings. The maximum Gasteiger partial charge on any atom is 0.408 e. The van der Waals surface area contributed by atoms with Crippen molar-refractivity contribution in [2.75, 3.05) is 12.9 Å². The van der Waals surface area contributed by atoms with Crippen LogP contribution in [0.3, 0.4) is 0 Å². The lowest BCUT2D eigenvalue weighted by atomic mass is 10.2. The topological polar surface area (TPSA) is 121 Å². The highest BCUT2D eigenvalue weighted by Crippen LogP contribution is 2.35. The molecule has 0 spiro atoms. The average Bonchev–Trinajstić information content (AvgIpc) is 2.51. The molecule has 25 heavy (non-hydrogen) atoms. The number of carbonyl (C=O) groups is 2. The maximum atomic E-state index is 11.8. The van der Waals surface area contributed by atoms with Crippen LogP contribution in [0.1, 0.15) is 20.8 Å². The minimum absolute atomic E-state index is 0.115. The van der Waals surface area contributed by atoms with Gasteiger partial charge in [-0.25, -0.2) is 14.6 Å². The van der Waals surface area contributed by atoms with Crippen molar-refractivity contribution in [1.29, 1.82) is 0 Å². The number of nitro groups is 1. The highest BCUT2D eigenvalue weighted by Gasteiger charge is 2.26. The minimum Gasteiger partial charge on any atom is -0.467 e. The van der Waals surface area contributed by atoms with Crippen molar-refractivity contribution in [2.45, 2.75) is 37.4 Å². The van der Waals surface area contributed by atoms with E-state index >= 15 is 0 Å². The van der Waals surface area contributed by atoms with Crippen LogP contribution >= 0.6 is 21.6 Å². The van der Waals surface area contributed by atoms with E-state index in [2.05, 4.69) is 15.0 Å². The second-order valence-electron chi connectivity index (χ2n) is 5.67. The van der Waals surface area contributed by atoms with Crippen molar-refractivity contribution in [3.05, 3.63) is 28.4 Å². The summed E-state index contributed by atoms with van der Waals surface area (Å²) in [5, 5.41) is 13.6. The molecule has 138 valence electrons. The van der Waals surface area contributed by atoms with Gasteiger partial charge in [0.15, 0.2) is 5.03 Å². The molecule has 0 radical (unpaired) electrons. The quantitative estimate of drug-likeness (QED) is 0.325. The lowest BCUT2D eigenvalue weighted by Crippen LogP contribution is -2.45. The predicted octanol–water partition coefficient (Wildman–Crippen LogP) is 2.80. The summed E-state index contributed by atoms with van der Waals surface area (Å²) in [4.78, 5) is 38.0. The van der Waals surface area contributed by atoms with Gasteiger partial charge in [-0.05, 0) is 37.6 Å². The van der Waals surface area contributed by atoms with Crippen LogP contribution in [0.15, 0.2) is 23.4 Å². The maximum absolute atomic E-state index is 11.8. The fourth-order valence-electron chi connectivity index (χ4n) is 1.50. The standard InChI is InChI=1S/C14H19N3O6S2/c1-14(2,3)23-13(19)16-9(12(18)22-4)8-24-25-11-10(17(20)21)6-5-7-15-11/h5-7,9H,8H2,1-4H3,(H,16,19)/t9-/m0/s1. The summed E-state index contributed by atoms with van der Waals surface area (Å²) in [6, 6.07) is 1.85. The number of esters is 1. The summed E-state index contributed by atoms with van der Waals surface area (Å²) in [6.07, 6.45) is 0.685. The number of amides is 1. The number of nitrogens with one attached hydrogen (secondary N) is 1. The summed E-state index contributed by atoms with van der Waals surface area (Å²) in [5.74, 6) is -0.529. The van der Waals surface area contributed by atoms with E-state index in [1.807, 2.05) is 0 Å². The number of rotatable bonds is 7. The molecule has 0 saturated carbocycles. The molecule has 1 N–H and O–H groups in total. The van der Waals surface area contributed by atoms with Gasteiger partial charge in [-0.1, -0.05) is 10.8 Å². The van der Waals surface area contributed by atoms with E-state index < -0.39 is 28.6 Å². The van der Waals surface area contributed by atoms with Crippen LogP contribution in [-0.4, -0.2) is 46.5 Å². The first-order valence-corrected chi connectivity index (χ1v) is 9.42. The third-order valence-electron chi connectivity index (χ3n) is 2.50. The molecule has 9 nitrogen and oxygen atoms in total. The number of nitrogens with zero attached hydrogens (tertiary/aromatic N) is 2. The molecule has 0 aromatic carbocycles. The molecule has 1 heterocycles. The van der Waals surface area contributed by atoms with E-state index in [1.165, 1.54) is 25.4 Å². The van der Waals surface area contributed by atoms with Gasteiger partial charge in [0.25, 0.3) is 0 Å². The van der Waals surface area contributed by atoms with Crippen molar-refractivity contribution in [1.82, 2.24) is 10.3 Å². The first-order chi connectivity index (χ1) is 11.6. The monoisotopic (exact) mass is 389 g/mol. The number of aromatic nitrogens is 1. The smallest absolute Gasteiger partial charge is 0.408 e. The lowest BCUT2D eigenvalue weighted by molar-refractivity contribution is -0.388. The van der Waals surface area contributed by atoms with Gasteiger partial charge in [-0.2, -0.15) is 0 Å². The molecular formula is C14H19N3O6S2. The number of carbonyl (C=O) groups excluding carboxylic acids is 2. The van der Waals surface area contributed by atoms with E-state index in [4.69, 9.17) is 4.74 Å². The van der Waals surface area contributed by atoms with Crippen LogP contribution in [0.2, 0.25) is 0 Å². The molecule has 0 aliphatic carbocycles. The predicted molar refractivity (Wildman–Crippen MR) is 94.4 cm³/mol. The van der Waals surface area contributed by atoms with E-state index in [-0.39, 0.29) is 16.5 Å². The SMILES string of the molecule is COC(=O)[C@H](CSSc1ncccc1[N+](=O)[O-])NC(=O)OC(C)(C)C. The first kappa shape index (κ1) is 21.0. The second kappa shape index (κ2) is 9.47. The number of ether oxygens (including phenoxy) is 2. The number of alkyl carbamates (subject to hydrolysis) is 1. The summed E-state index contributed by atoms with van der Waals surface area (Å²) in [7, 11) is 3.37. The third kappa shape index (κ3) is 7.61. The van der Waals surface area contributed by atoms with Crippen molar-refractivity contribution in [2.24, 2.45) is 0 Å². The fraction of sp³-hybridized carbons (Fsp3) is 0.500. The fourth-order valence-corrected chi connectivity index (χ4v) is 3.70. The summed E-state index contributed by atoms with van der Waals surface area (Å²) in [6.45, 7) is 5.10. The molecule has 0 aliphatic rings. The van der Waals surface area contributed by atoms with Crippen LogP contribution in [0.5, 0.6) is 0 Å². The van der Waals surface area contributed by atoms with Gasteiger partial charge < -0.3 is 14.8 Å². The lowest BCUT2D eigenvalue weighted by Gasteiger charge is -2.22. The zero-order valence-corrected chi connectivity index (χ0v) is 15.8. The van der Waals surface area contributed by atoms with E-state index in [0.29, 0.717) is 0 Å². The number of methoxy groups -OCH3 is 1. The Morgan fingerprint density at radius 2 is 2.12 bits per heavy atom. The number of hydrogen-bond donors (Lipinski definition) is 1. The summed E-state index contributed by atoms with van der Waals surface area (Å²) in [5.41, 5.74) is -0.837. The Kier molecular flexibility index (Phi) is 7.97. The zero-order chi connectivity index (χ0) is 19.0. The Balaban J connectivity index is 2.67. The van der Waals surface area contributed by atoms with Crippen LogP contribution in [0.4, 0.5) is 10.5 Å². The Morgan fingerprint density at radius 3 is 2.68 bits per heavy atom. The molecule has 1 rings (SSSR count). The molecule has 0 fully saturated rings. The van der Waals surface area contributed by atoms with Gasteiger partial charge in [0.1, 0.15) is 11.6 Å². The van der Waals surface area contributed by atoms with Gasteiger partial charge in [0.05, 0.1) is 12.0 Å². The molecule has 11 heteroatoms. The molecule has 0 unspecified atom stereocenters. The Hall–Kier alpha value is -2.01. The Bertz CT molecular complexity index is 635. The first-order valence-electron chi connectivity index (χ1n) is 7.10.